The number of nitrogens with zero attached hydrogens (tertiary/aromatic N) is 1. The summed E-state index contributed by atoms with van der Waals surface area (Å²) in [6.45, 7) is 0. The number of fused-ring (bicyclic) bond motifs is 7. The summed E-state index contributed by atoms with van der Waals surface area (Å²) in [5.74, 6) is 0. The van der Waals surface area contributed by atoms with Gasteiger partial charge in [0.15, 0.2) is 0 Å². The van der Waals surface area contributed by atoms with E-state index in [-0.39, 0.29) is 49.5 Å². The van der Waals surface area contributed by atoms with Crippen molar-refractivity contribution < 1.29 is 22.2 Å². The van der Waals surface area contributed by atoms with Crippen LogP contribution in [0.25, 0.3) is 87.6 Å². The molecule has 1 aromatic heterocycles. The molecule has 0 N–H and O–H groups in total. The molecule has 0 aliphatic carbocycles. The molecule has 0 atom stereocenters. The van der Waals surface area contributed by atoms with Crippen molar-refractivity contribution in [1.29, 1.82) is 0 Å². The highest BCUT2D eigenvalue weighted by Crippen LogP contribution is 2.46. The van der Waals surface area contributed by atoms with E-state index in [0.717, 1.165) is 43.8 Å². The van der Waals surface area contributed by atoms with Crippen molar-refractivity contribution in [3.05, 3.63) is 212 Å². The molecular weight excluding hydrogens is 679 g/mol. The van der Waals surface area contributed by atoms with Crippen LogP contribution in [0.2, 0.25) is 0 Å². The highest BCUT2D eigenvalue weighted by atomic mass is 16.3. The smallest absolute Gasteiger partial charge is 0.143 e. The van der Waals surface area contributed by atoms with Gasteiger partial charge in [0.05, 0.1) is 23.5 Å². The second-order valence-electron chi connectivity index (χ2n) is 13.5. The van der Waals surface area contributed by atoms with Crippen LogP contribution in [0.4, 0.5) is 17.1 Å². The minimum atomic E-state index is -0.662. The van der Waals surface area contributed by atoms with E-state index in [9.17, 15) is 5.48 Å². The highest BCUT2D eigenvalue weighted by molar-refractivity contribution is 6.17. The van der Waals surface area contributed by atoms with Crippen molar-refractivity contribution in [3.8, 4) is 33.4 Å². The Kier molecular flexibility index (Phi) is 5.04. The zero-order chi connectivity index (χ0) is 48.3. The number of hydrogen-bond donors (Lipinski definition) is 0. The molecule has 2 heteroatoms. The van der Waals surface area contributed by atoms with Gasteiger partial charge in [0.2, 0.25) is 0 Å². The summed E-state index contributed by atoms with van der Waals surface area (Å²) in [6.07, 6.45) is 0. The van der Waals surface area contributed by atoms with E-state index in [1.165, 1.54) is 0 Å². The lowest BCUT2D eigenvalue weighted by Crippen LogP contribution is -2.11. The average molecular weight is 727 g/mol. The Morgan fingerprint density at radius 2 is 0.875 bits per heavy atom. The molecule has 0 spiro atoms. The van der Waals surface area contributed by atoms with Crippen LogP contribution in [0.3, 0.4) is 0 Å². The first-order chi connectivity index (χ1) is 33.2. The number of anilines is 3. The van der Waals surface area contributed by atoms with Gasteiger partial charge in [-0.15, -0.1) is 0 Å². The highest BCUT2D eigenvalue weighted by Gasteiger charge is 2.21. The lowest BCUT2D eigenvalue weighted by molar-refractivity contribution is 0.674. The molecule has 0 aliphatic rings. The Balaban J connectivity index is 1.23. The van der Waals surface area contributed by atoms with Crippen molar-refractivity contribution in [1.82, 2.24) is 0 Å². The van der Waals surface area contributed by atoms with E-state index in [1.54, 1.807) is 4.90 Å². The topological polar surface area (TPSA) is 16.4 Å². The molecule has 0 amide bonds. The van der Waals surface area contributed by atoms with E-state index in [4.69, 9.17) is 16.8 Å². The van der Waals surface area contributed by atoms with Crippen LogP contribution in [0, 0.1) is 0 Å². The van der Waals surface area contributed by atoms with Gasteiger partial charge in [-0.25, -0.2) is 0 Å². The maximum Gasteiger partial charge on any atom is 0.143 e. The predicted octanol–water partition coefficient (Wildman–Crippen LogP) is 15.5. The monoisotopic (exact) mass is 726 g/mol. The van der Waals surface area contributed by atoms with Gasteiger partial charge in [0.25, 0.3) is 0 Å². The fraction of sp³-hybridized carbons (Fsp3) is 0. The van der Waals surface area contributed by atoms with Gasteiger partial charge >= 0.3 is 0 Å². The first-order valence-corrected chi connectivity index (χ1v) is 18.1. The van der Waals surface area contributed by atoms with Gasteiger partial charge < -0.3 is 9.32 Å². The molecule has 2 nitrogen and oxygen atoms in total. The number of benzene rings is 10. The van der Waals surface area contributed by atoms with Crippen LogP contribution in [-0.4, -0.2) is 0 Å². The molecule has 10 aromatic carbocycles. The fourth-order valence-electron chi connectivity index (χ4n) is 7.71. The molecule has 56 heavy (non-hydrogen) atoms. The number of furan rings is 1. The second kappa shape index (κ2) is 13.2. The van der Waals surface area contributed by atoms with E-state index < -0.39 is 78.6 Å². The first-order valence-electron chi connectivity index (χ1n) is 24.6. The van der Waals surface area contributed by atoms with Gasteiger partial charge in [-0.1, -0.05) is 176 Å². The van der Waals surface area contributed by atoms with Gasteiger partial charge in [0.1, 0.15) is 11.2 Å². The molecule has 0 aliphatic heterocycles. The molecule has 0 fully saturated rings. The molecule has 0 saturated heterocycles. The van der Waals surface area contributed by atoms with Crippen LogP contribution in [0.15, 0.2) is 216 Å². The van der Waals surface area contributed by atoms with E-state index in [2.05, 4.69) is 0 Å². The minimum Gasteiger partial charge on any atom is -0.455 e. The molecular formula is C54H35NO. The van der Waals surface area contributed by atoms with Crippen molar-refractivity contribution in [3.63, 3.8) is 0 Å². The van der Waals surface area contributed by atoms with E-state index in [1.807, 2.05) is 133 Å². The summed E-state index contributed by atoms with van der Waals surface area (Å²) in [4.78, 5) is 1.66. The summed E-state index contributed by atoms with van der Waals surface area (Å²) in [7, 11) is 0. The fourth-order valence-corrected chi connectivity index (χ4v) is 7.71. The van der Waals surface area contributed by atoms with Gasteiger partial charge in [0, 0.05) is 38.7 Å². The average Bonchev–Trinajstić information content (AvgIpc) is 3.77. The molecule has 11 aromatic rings. The Hall–Kier alpha value is -7.42. The van der Waals surface area contributed by atoms with Crippen molar-refractivity contribution in [2.45, 2.75) is 0 Å². The van der Waals surface area contributed by atoms with Crippen LogP contribution in [-0.2, 0) is 0 Å². The van der Waals surface area contributed by atoms with Crippen molar-refractivity contribution in [2.75, 3.05) is 4.90 Å². The largest absolute Gasteiger partial charge is 0.455 e. The maximum atomic E-state index is 9.69. The third-order valence-corrected chi connectivity index (χ3v) is 10.3. The third-order valence-electron chi connectivity index (χ3n) is 10.3. The SMILES string of the molecule is [2H]c1c([2H])c([2H])c(N(c2ccc(-c3cccc4ccccc34)cc2)c2ccc(-c3cccc4ccccc34)cc2)c(-c2c([2H])c([2H])c([2H])c3c2oc2c4c([2H])c([2H])c([2H])c([2H])c4c([2H])c([2H])c23)c1[2H]. The number of hydrogen-bond acceptors (Lipinski definition) is 2. The van der Waals surface area contributed by atoms with E-state index >= 15 is 0 Å². The molecule has 0 radical (unpaired) electrons. The van der Waals surface area contributed by atoms with Crippen LogP contribution < -0.4 is 4.90 Å². The predicted molar refractivity (Wildman–Crippen MR) is 237 cm³/mol. The second-order valence-corrected chi connectivity index (χ2v) is 13.5. The lowest BCUT2D eigenvalue weighted by atomic mass is 9.96. The zero-order valence-electron chi connectivity index (χ0n) is 42.6. The Morgan fingerprint density at radius 3 is 1.55 bits per heavy atom. The van der Waals surface area contributed by atoms with Crippen LogP contribution in [0.5, 0.6) is 0 Å². The summed E-state index contributed by atoms with van der Waals surface area (Å²) >= 11 is 0. The van der Waals surface area contributed by atoms with Crippen LogP contribution in [0.1, 0.15) is 17.8 Å². The van der Waals surface area contributed by atoms with Gasteiger partial charge in [-0.05, 0) is 85.5 Å². The van der Waals surface area contributed by atoms with E-state index in [0.29, 0.717) is 11.4 Å². The summed E-state index contributed by atoms with van der Waals surface area (Å²) < 4.78 is 124. The van der Waals surface area contributed by atoms with Crippen molar-refractivity contribution >= 4 is 71.3 Å². The lowest BCUT2D eigenvalue weighted by Gasteiger charge is -2.28. The molecule has 1 heterocycles. The molecule has 0 bridgehead atoms. The summed E-state index contributed by atoms with van der Waals surface area (Å²) in [6, 6.07) is 35.5. The normalized spacial score (nSPS) is 14.8. The molecule has 11 rings (SSSR count). The minimum absolute atomic E-state index is 0.122. The van der Waals surface area contributed by atoms with Crippen LogP contribution >= 0.6 is 0 Å². The number of rotatable bonds is 6. The number of para-hydroxylation sites is 2. The third kappa shape index (κ3) is 5.26. The Bertz CT molecular complexity index is 3870. The molecule has 0 saturated carbocycles. The summed E-state index contributed by atoms with van der Waals surface area (Å²) in [5.41, 5.74) is 3.32. The van der Waals surface area contributed by atoms with Gasteiger partial charge in [-0.2, -0.15) is 0 Å². The van der Waals surface area contributed by atoms with Gasteiger partial charge in [-0.3, -0.25) is 0 Å². The molecule has 0 unspecified atom stereocenters. The standard InChI is InChI=1S/C54H35NO/c1-4-17-43-36(12-1)15-9-21-45(43)39-26-31-41(32-27-39)55(42-33-28-40(29-34-42)46-22-10-16-37-13-2-5-18-44(37)46)52-25-8-7-20-48(52)49-23-11-24-50-51-35-30-38-14-3-6-19-47(38)53(51)56-54(49)50/h1-35H/i3D,6D,7D,8D,11D,14D,19D,20D,23D,24D,25D,30D,35D. The Labute approximate surface area is 343 Å². The molecule has 262 valence electrons. The quantitative estimate of drug-likeness (QED) is 0.170. The maximum absolute atomic E-state index is 9.69. The van der Waals surface area contributed by atoms with Crippen molar-refractivity contribution in [2.24, 2.45) is 0 Å². The summed E-state index contributed by atoms with van der Waals surface area (Å²) in [5, 5.41) is 3.20. The Morgan fingerprint density at radius 1 is 0.339 bits per heavy atom. The zero-order valence-corrected chi connectivity index (χ0v) is 29.6. The first kappa shape index (κ1) is 21.5.